The van der Waals surface area contributed by atoms with Gasteiger partial charge in [0, 0.05) is 18.8 Å². The van der Waals surface area contributed by atoms with Crippen molar-refractivity contribution in [2.45, 2.75) is 21.4 Å². The van der Waals surface area contributed by atoms with E-state index in [-0.39, 0.29) is 0 Å². The van der Waals surface area contributed by atoms with Crippen molar-refractivity contribution < 1.29 is 5.11 Å². The molecule has 8 heteroatoms. The molecule has 0 bridgehead atoms. The highest BCUT2D eigenvalue weighted by Crippen LogP contribution is 2.40. The molecule has 0 saturated heterocycles. The molecular formula is C9H13BrIN5O. The van der Waals surface area contributed by atoms with Gasteiger partial charge in [-0.05, 0) is 44.9 Å². The molecule has 0 spiro atoms. The summed E-state index contributed by atoms with van der Waals surface area (Å²) in [5.41, 5.74) is 3.26. The van der Waals surface area contributed by atoms with E-state index in [0.29, 0.717) is 17.7 Å². The lowest BCUT2D eigenvalue weighted by molar-refractivity contribution is 0.105. The van der Waals surface area contributed by atoms with Gasteiger partial charge in [-0.15, -0.1) is 0 Å². The third kappa shape index (κ3) is 2.23. The Bertz CT molecular complexity index is 435. The molecule has 0 saturated carbocycles. The van der Waals surface area contributed by atoms with Gasteiger partial charge in [0.2, 0.25) is 0 Å². The van der Waals surface area contributed by atoms with E-state index in [2.05, 4.69) is 59.2 Å². The van der Waals surface area contributed by atoms with E-state index in [1.165, 1.54) is 0 Å². The Labute approximate surface area is 121 Å². The minimum absolute atomic E-state index is 0.511. The highest BCUT2D eigenvalue weighted by molar-refractivity contribution is 14.1. The Hall–Kier alpha value is -0.190. The Morgan fingerprint density at radius 1 is 1.71 bits per heavy atom. The molecule has 0 aromatic carbocycles. The van der Waals surface area contributed by atoms with E-state index >= 15 is 0 Å². The maximum Gasteiger partial charge on any atom is 0.187 e. The first-order valence-electron chi connectivity index (χ1n) is 5.10. The van der Waals surface area contributed by atoms with Gasteiger partial charge in [0.05, 0.1) is 6.20 Å². The van der Waals surface area contributed by atoms with Gasteiger partial charge in [-0.1, -0.05) is 6.92 Å². The molecule has 0 fully saturated rings. The SMILES string of the molecule is CCC(O)(C1=NN(C)NC1(Br)I)c1cn[nH]c1. The van der Waals surface area contributed by atoms with E-state index in [1.54, 1.807) is 24.6 Å². The molecule has 6 nitrogen and oxygen atoms in total. The van der Waals surface area contributed by atoms with E-state index < -0.39 is 8.06 Å². The quantitative estimate of drug-likeness (QED) is 0.396. The summed E-state index contributed by atoms with van der Waals surface area (Å²) in [7, 11) is 1.78. The minimum Gasteiger partial charge on any atom is -0.379 e. The van der Waals surface area contributed by atoms with Gasteiger partial charge in [-0.2, -0.15) is 15.6 Å². The van der Waals surface area contributed by atoms with Gasteiger partial charge in [0.25, 0.3) is 0 Å². The van der Waals surface area contributed by atoms with Gasteiger partial charge >= 0.3 is 0 Å². The topological polar surface area (TPSA) is 76.5 Å². The van der Waals surface area contributed by atoms with Crippen LogP contribution < -0.4 is 5.43 Å². The summed E-state index contributed by atoms with van der Waals surface area (Å²) in [4.78, 5) is 0. The fraction of sp³-hybridized carbons (Fsp3) is 0.556. The van der Waals surface area contributed by atoms with Crippen molar-refractivity contribution in [3.8, 4) is 0 Å². The zero-order valence-corrected chi connectivity index (χ0v) is 13.2. The zero-order chi connectivity index (χ0) is 12.7. The molecule has 1 aromatic heterocycles. The van der Waals surface area contributed by atoms with Crippen molar-refractivity contribution in [3.63, 3.8) is 0 Å². The van der Waals surface area contributed by atoms with Crippen molar-refractivity contribution >= 4 is 44.2 Å². The number of hydrogen-bond donors (Lipinski definition) is 3. The Balaban J connectivity index is 2.46. The number of rotatable bonds is 3. The molecule has 0 aliphatic carbocycles. The van der Waals surface area contributed by atoms with Crippen LogP contribution in [0.1, 0.15) is 18.9 Å². The monoisotopic (exact) mass is 413 g/mol. The zero-order valence-electron chi connectivity index (χ0n) is 9.41. The van der Waals surface area contributed by atoms with Gasteiger partial charge < -0.3 is 5.11 Å². The number of hydrazine groups is 1. The molecule has 0 amide bonds. The van der Waals surface area contributed by atoms with E-state index in [9.17, 15) is 5.11 Å². The van der Waals surface area contributed by atoms with Crippen LogP contribution in [0.2, 0.25) is 0 Å². The summed E-state index contributed by atoms with van der Waals surface area (Å²) in [6.45, 7) is 1.91. The number of alkyl halides is 2. The summed E-state index contributed by atoms with van der Waals surface area (Å²) in [6, 6.07) is 0. The van der Waals surface area contributed by atoms with Crippen LogP contribution >= 0.6 is 38.5 Å². The maximum absolute atomic E-state index is 10.8. The molecule has 2 heterocycles. The predicted octanol–water partition coefficient (Wildman–Crippen LogP) is 1.30. The van der Waals surface area contributed by atoms with Crippen LogP contribution in [0.25, 0.3) is 0 Å². The van der Waals surface area contributed by atoms with E-state index in [0.717, 1.165) is 0 Å². The molecule has 2 rings (SSSR count). The normalized spacial score (nSPS) is 28.1. The highest BCUT2D eigenvalue weighted by Gasteiger charge is 2.49. The van der Waals surface area contributed by atoms with Gasteiger partial charge in [0.15, 0.2) is 2.45 Å². The molecule has 1 aliphatic rings. The molecule has 1 aromatic rings. The number of hydrazone groups is 1. The summed E-state index contributed by atoms with van der Waals surface area (Å²) >= 11 is 5.68. The fourth-order valence-electron chi connectivity index (χ4n) is 1.82. The van der Waals surface area contributed by atoms with Crippen LogP contribution in [0.5, 0.6) is 0 Å². The summed E-state index contributed by atoms with van der Waals surface area (Å²) in [6.07, 6.45) is 3.81. The number of H-pyrrole nitrogens is 1. The van der Waals surface area contributed by atoms with Crippen LogP contribution in [0.15, 0.2) is 17.5 Å². The van der Waals surface area contributed by atoms with E-state index in [4.69, 9.17) is 0 Å². The van der Waals surface area contributed by atoms with Crippen LogP contribution in [0, 0.1) is 0 Å². The Morgan fingerprint density at radius 3 is 2.82 bits per heavy atom. The number of aliphatic hydroxyl groups is 1. The van der Waals surface area contributed by atoms with Crippen molar-refractivity contribution in [1.29, 1.82) is 0 Å². The highest BCUT2D eigenvalue weighted by atomic mass is 127. The van der Waals surface area contributed by atoms with Crippen molar-refractivity contribution in [2.75, 3.05) is 7.05 Å². The number of halogens is 2. The van der Waals surface area contributed by atoms with Gasteiger partial charge in [-0.3, -0.25) is 5.10 Å². The number of nitrogens with zero attached hydrogens (tertiary/aromatic N) is 3. The summed E-state index contributed by atoms with van der Waals surface area (Å²) in [5.74, 6) is 0. The summed E-state index contributed by atoms with van der Waals surface area (Å²) < 4.78 is -0.596. The second-order valence-electron chi connectivity index (χ2n) is 3.86. The lowest BCUT2D eigenvalue weighted by atomic mass is 9.88. The molecule has 94 valence electrons. The van der Waals surface area contributed by atoms with Crippen LogP contribution in [0.4, 0.5) is 0 Å². The first-order valence-corrected chi connectivity index (χ1v) is 6.98. The van der Waals surface area contributed by atoms with Crippen LogP contribution in [-0.4, -0.2) is 35.6 Å². The number of aromatic nitrogens is 2. The second-order valence-corrected chi connectivity index (χ2v) is 8.15. The molecule has 17 heavy (non-hydrogen) atoms. The van der Waals surface area contributed by atoms with Crippen molar-refractivity contribution in [2.24, 2.45) is 5.10 Å². The number of nitrogens with one attached hydrogen (secondary N) is 2. The first kappa shape index (κ1) is 13.2. The molecule has 3 N–H and O–H groups in total. The van der Waals surface area contributed by atoms with Gasteiger partial charge in [0.1, 0.15) is 11.3 Å². The smallest absolute Gasteiger partial charge is 0.187 e. The molecular weight excluding hydrogens is 401 g/mol. The van der Waals surface area contributed by atoms with E-state index in [1.807, 2.05) is 6.92 Å². The third-order valence-electron chi connectivity index (χ3n) is 2.73. The molecule has 2 atom stereocenters. The average Bonchev–Trinajstić information content (AvgIpc) is 2.85. The number of hydrogen-bond acceptors (Lipinski definition) is 5. The molecule has 1 aliphatic heterocycles. The standard InChI is InChI=1S/C9H13BrIN5O/c1-3-8(17,6-4-12-13-5-6)7-9(10,11)15-16(2)14-7/h4-5,15,17H,3H2,1-2H3,(H,12,13). The maximum atomic E-state index is 10.8. The lowest BCUT2D eigenvalue weighted by Gasteiger charge is -2.30. The number of aromatic amines is 1. The Kier molecular flexibility index (Phi) is 3.49. The molecule has 2 unspecified atom stereocenters. The Morgan fingerprint density at radius 2 is 2.41 bits per heavy atom. The van der Waals surface area contributed by atoms with Crippen molar-refractivity contribution in [1.82, 2.24) is 20.7 Å². The van der Waals surface area contributed by atoms with Crippen LogP contribution in [0.3, 0.4) is 0 Å². The largest absolute Gasteiger partial charge is 0.379 e. The predicted molar refractivity (Wildman–Crippen MR) is 76.8 cm³/mol. The van der Waals surface area contributed by atoms with Crippen LogP contribution in [-0.2, 0) is 5.60 Å². The minimum atomic E-state index is -1.14. The summed E-state index contributed by atoms with van der Waals surface area (Å²) in [5, 5.41) is 23.4. The fourth-order valence-corrected chi connectivity index (χ4v) is 3.39. The van der Waals surface area contributed by atoms with Crippen molar-refractivity contribution in [3.05, 3.63) is 18.0 Å². The second kappa shape index (κ2) is 4.48. The first-order chi connectivity index (χ1) is 7.90. The van der Waals surface area contributed by atoms with Gasteiger partial charge in [-0.25, -0.2) is 5.12 Å². The average molecular weight is 414 g/mol. The lowest BCUT2D eigenvalue weighted by Crippen LogP contribution is -2.48. The third-order valence-corrected chi connectivity index (χ3v) is 4.03. The molecule has 0 radical (unpaired) electrons.